The van der Waals surface area contributed by atoms with Gasteiger partial charge in [0.2, 0.25) is 0 Å². The lowest BCUT2D eigenvalue weighted by molar-refractivity contribution is -0.146. The zero-order chi connectivity index (χ0) is 20.2. The molecule has 158 valence electrons. The molecule has 0 saturated carbocycles. The van der Waals surface area contributed by atoms with Gasteiger partial charge in [-0.25, -0.2) is 0 Å². The molecule has 0 spiro atoms. The standard InChI is InChI=1S/C24H45NO2/c1-4-6-7-8-9-10-11-12-13-14-15-16-17-18-19-20-21-27-24(26)23(25)22(3)5-2/h9-10,12-13,22-23H,4-8,11,14-21,25H2,1-3H3/b10-9-,13-12-/t22-,23-/m0/s1. The monoisotopic (exact) mass is 379 g/mol. The van der Waals surface area contributed by atoms with Crippen LogP contribution in [-0.2, 0) is 9.53 Å². The molecule has 0 bridgehead atoms. The average Bonchev–Trinajstić information content (AvgIpc) is 2.68. The SMILES string of the molecule is CCCCC/C=C\C/C=C\CCCCCCCCOC(=O)[C@@H](N)[C@@H](C)CC. The summed E-state index contributed by atoms with van der Waals surface area (Å²) < 4.78 is 5.27. The van der Waals surface area contributed by atoms with E-state index in [1.54, 1.807) is 0 Å². The Bertz CT molecular complexity index is 390. The lowest BCUT2D eigenvalue weighted by atomic mass is 10.0. The number of nitrogens with two attached hydrogens (primary N) is 1. The molecule has 0 aliphatic heterocycles. The maximum Gasteiger partial charge on any atom is 0.323 e. The molecule has 0 fully saturated rings. The molecule has 0 amide bonds. The van der Waals surface area contributed by atoms with Gasteiger partial charge in [-0.15, -0.1) is 0 Å². The Morgan fingerprint density at radius 1 is 0.852 bits per heavy atom. The van der Waals surface area contributed by atoms with Crippen molar-refractivity contribution in [2.75, 3.05) is 6.61 Å². The third-order valence-corrected chi connectivity index (χ3v) is 5.12. The molecule has 0 rings (SSSR count). The van der Waals surface area contributed by atoms with E-state index in [1.165, 1.54) is 57.8 Å². The van der Waals surface area contributed by atoms with E-state index in [0.717, 1.165) is 25.7 Å². The Morgan fingerprint density at radius 3 is 2.00 bits per heavy atom. The Kier molecular flexibility index (Phi) is 18.9. The Labute approximate surface area is 168 Å². The topological polar surface area (TPSA) is 52.3 Å². The van der Waals surface area contributed by atoms with E-state index in [1.807, 2.05) is 13.8 Å². The van der Waals surface area contributed by atoms with Gasteiger partial charge in [-0.1, -0.05) is 90.0 Å². The number of hydrogen-bond acceptors (Lipinski definition) is 3. The highest BCUT2D eigenvalue weighted by atomic mass is 16.5. The summed E-state index contributed by atoms with van der Waals surface area (Å²) in [6.45, 7) is 6.79. The first-order valence-electron chi connectivity index (χ1n) is 11.4. The van der Waals surface area contributed by atoms with Gasteiger partial charge >= 0.3 is 5.97 Å². The third kappa shape index (κ3) is 16.8. The molecule has 0 aliphatic carbocycles. The highest BCUT2D eigenvalue weighted by Crippen LogP contribution is 2.10. The summed E-state index contributed by atoms with van der Waals surface area (Å²) in [7, 11) is 0. The fourth-order valence-corrected chi connectivity index (χ4v) is 2.85. The molecular weight excluding hydrogens is 334 g/mol. The number of carbonyl (C=O) groups excluding carboxylic acids is 1. The molecule has 2 N–H and O–H groups in total. The van der Waals surface area contributed by atoms with E-state index in [9.17, 15) is 4.79 Å². The molecule has 3 heteroatoms. The molecule has 27 heavy (non-hydrogen) atoms. The van der Waals surface area contributed by atoms with Crippen LogP contribution in [0.1, 0.15) is 104 Å². The summed E-state index contributed by atoms with van der Waals surface area (Å²) in [5.74, 6) is -0.0553. The lowest BCUT2D eigenvalue weighted by Crippen LogP contribution is -2.38. The van der Waals surface area contributed by atoms with Gasteiger partial charge in [0.25, 0.3) is 0 Å². The second kappa shape index (κ2) is 19.7. The summed E-state index contributed by atoms with van der Waals surface area (Å²) in [5, 5.41) is 0. The number of ether oxygens (including phenoxy) is 1. The molecule has 0 aromatic heterocycles. The average molecular weight is 380 g/mol. The van der Waals surface area contributed by atoms with Crippen molar-refractivity contribution < 1.29 is 9.53 Å². The van der Waals surface area contributed by atoms with E-state index in [2.05, 4.69) is 31.2 Å². The first-order chi connectivity index (χ1) is 13.1. The number of esters is 1. The minimum absolute atomic E-state index is 0.188. The van der Waals surface area contributed by atoms with Gasteiger partial charge in [0, 0.05) is 0 Å². The normalized spacial score (nSPS) is 14.1. The van der Waals surface area contributed by atoms with Crippen molar-refractivity contribution >= 4 is 5.97 Å². The summed E-state index contributed by atoms with van der Waals surface area (Å²) in [6, 6.07) is -0.473. The molecule has 0 unspecified atom stereocenters. The Hall–Kier alpha value is -1.09. The number of hydrogen-bond donors (Lipinski definition) is 1. The summed E-state index contributed by atoms with van der Waals surface area (Å²) in [6.07, 6.45) is 24.7. The number of allylic oxidation sites excluding steroid dienone is 4. The second-order valence-electron chi connectivity index (χ2n) is 7.66. The molecule has 2 atom stereocenters. The highest BCUT2D eigenvalue weighted by Gasteiger charge is 2.20. The zero-order valence-electron chi connectivity index (χ0n) is 18.3. The van der Waals surface area contributed by atoms with Crippen molar-refractivity contribution in [2.24, 2.45) is 11.7 Å². The molecule has 0 aliphatic rings. The van der Waals surface area contributed by atoms with Crippen LogP contribution in [0.4, 0.5) is 0 Å². The van der Waals surface area contributed by atoms with Crippen LogP contribution in [-0.4, -0.2) is 18.6 Å². The quantitative estimate of drug-likeness (QED) is 0.163. The van der Waals surface area contributed by atoms with Crippen LogP contribution in [0.25, 0.3) is 0 Å². The Morgan fingerprint density at radius 2 is 1.41 bits per heavy atom. The van der Waals surface area contributed by atoms with Crippen LogP contribution in [0.2, 0.25) is 0 Å². The Balaban J connectivity index is 3.36. The predicted octanol–water partition coefficient (Wildman–Crippen LogP) is 6.72. The van der Waals surface area contributed by atoms with Crippen LogP contribution in [0.3, 0.4) is 0 Å². The largest absolute Gasteiger partial charge is 0.465 e. The third-order valence-electron chi connectivity index (χ3n) is 5.12. The molecular formula is C24H45NO2. The minimum atomic E-state index is -0.473. The summed E-state index contributed by atoms with van der Waals surface area (Å²) in [4.78, 5) is 11.7. The van der Waals surface area contributed by atoms with Crippen molar-refractivity contribution in [2.45, 2.75) is 110 Å². The van der Waals surface area contributed by atoms with Gasteiger partial charge in [0.1, 0.15) is 6.04 Å². The van der Waals surface area contributed by atoms with Gasteiger partial charge in [-0.2, -0.15) is 0 Å². The lowest BCUT2D eigenvalue weighted by Gasteiger charge is -2.16. The van der Waals surface area contributed by atoms with Crippen LogP contribution >= 0.6 is 0 Å². The highest BCUT2D eigenvalue weighted by molar-refractivity contribution is 5.75. The molecule has 0 heterocycles. The van der Waals surface area contributed by atoms with Gasteiger partial charge in [-0.05, 0) is 44.4 Å². The van der Waals surface area contributed by atoms with Crippen molar-refractivity contribution in [1.82, 2.24) is 0 Å². The van der Waals surface area contributed by atoms with Crippen LogP contribution in [0, 0.1) is 5.92 Å². The van der Waals surface area contributed by atoms with Crippen LogP contribution in [0.15, 0.2) is 24.3 Å². The smallest absolute Gasteiger partial charge is 0.323 e. The molecule has 0 aromatic rings. The number of unbranched alkanes of at least 4 members (excludes halogenated alkanes) is 9. The van der Waals surface area contributed by atoms with Crippen molar-refractivity contribution in [1.29, 1.82) is 0 Å². The number of carbonyl (C=O) groups is 1. The molecule has 0 radical (unpaired) electrons. The molecule has 0 saturated heterocycles. The van der Waals surface area contributed by atoms with Crippen LogP contribution < -0.4 is 5.73 Å². The van der Waals surface area contributed by atoms with Crippen LogP contribution in [0.5, 0.6) is 0 Å². The van der Waals surface area contributed by atoms with Crippen molar-refractivity contribution in [3.05, 3.63) is 24.3 Å². The van der Waals surface area contributed by atoms with E-state index in [0.29, 0.717) is 6.61 Å². The zero-order valence-corrected chi connectivity index (χ0v) is 18.3. The van der Waals surface area contributed by atoms with E-state index in [-0.39, 0.29) is 11.9 Å². The first-order valence-corrected chi connectivity index (χ1v) is 11.4. The van der Waals surface area contributed by atoms with Crippen molar-refractivity contribution in [3.63, 3.8) is 0 Å². The van der Waals surface area contributed by atoms with E-state index < -0.39 is 6.04 Å². The van der Waals surface area contributed by atoms with E-state index >= 15 is 0 Å². The fourth-order valence-electron chi connectivity index (χ4n) is 2.85. The van der Waals surface area contributed by atoms with Gasteiger partial charge in [0.05, 0.1) is 6.61 Å². The predicted molar refractivity (Wildman–Crippen MR) is 118 cm³/mol. The van der Waals surface area contributed by atoms with Gasteiger partial charge in [-0.3, -0.25) is 4.79 Å². The minimum Gasteiger partial charge on any atom is -0.465 e. The molecule has 3 nitrogen and oxygen atoms in total. The summed E-state index contributed by atoms with van der Waals surface area (Å²) in [5.41, 5.74) is 5.86. The maximum atomic E-state index is 11.7. The van der Waals surface area contributed by atoms with E-state index in [4.69, 9.17) is 10.5 Å². The van der Waals surface area contributed by atoms with Crippen molar-refractivity contribution in [3.8, 4) is 0 Å². The van der Waals surface area contributed by atoms with Gasteiger partial charge < -0.3 is 10.5 Å². The maximum absolute atomic E-state index is 11.7. The number of rotatable bonds is 18. The molecule has 0 aromatic carbocycles. The second-order valence-corrected chi connectivity index (χ2v) is 7.66. The fraction of sp³-hybridized carbons (Fsp3) is 0.792. The summed E-state index contributed by atoms with van der Waals surface area (Å²) >= 11 is 0. The van der Waals surface area contributed by atoms with Gasteiger partial charge in [0.15, 0.2) is 0 Å². The first kappa shape index (κ1) is 25.9.